The Balaban J connectivity index is 1.67. The molecule has 0 unspecified atom stereocenters. The molecule has 2 aromatic rings. The molecule has 2 aromatic carbocycles. The van der Waals surface area contributed by atoms with Crippen LogP contribution < -0.4 is 10.2 Å². The van der Waals surface area contributed by atoms with Crippen molar-refractivity contribution in [2.45, 2.75) is 49.6 Å². The van der Waals surface area contributed by atoms with Crippen LogP contribution >= 0.6 is 23.2 Å². The van der Waals surface area contributed by atoms with Gasteiger partial charge in [0, 0.05) is 36.8 Å². The molecule has 1 saturated carbocycles. The summed E-state index contributed by atoms with van der Waals surface area (Å²) >= 11 is 12.1. The summed E-state index contributed by atoms with van der Waals surface area (Å²) in [5.74, 6) is -0.605. The van der Waals surface area contributed by atoms with Crippen molar-refractivity contribution in [1.82, 2.24) is 10.2 Å². The van der Waals surface area contributed by atoms with Crippen LogP contribution in [0.1, 0.15) is 41.9 Å². The van der Waals surface area contributed by atoms with E-state index in [0.717, 1.165) is 9.80 Å². The number of alkyl halides is 6. The van der Waals surface area contributed by atoms with Gasteiger partial charge in [0.15, 0.2) is 0 Å². The number of anilines is 1. The smallest absolute Gasteiger partial charge is 0.416 e. The van der Waals surface area contributed by atoms with Crippen molar-refractivity contribution in [3.63, 3.8) is 0 Å². The molecule has 1 aliphatic heterocycles. The largest absolute Gasteiger partial charge is 0.465 e. The third-order valence-electron chi connectivity index (χ3n) is 6.55. The van der Waals surface area contributed by atoms with Crippen molar-refractivity contribution in [2.75, 3.05) is 18.0 Å². The average Bonchev–Trinajstić information content (AvgIpc) is 3.65. The van der Waals surface area contributed by atoms with Gasteiger partial charge in [-0.15, -0.1) is 0 Å². The van der Waals surface area contributed by atoms with Crippen LogP contribution in [0.3, 0.4) is 0 Å². The van der Waals surface area contributed by atoms with Gasteiger partial charge in [0.25, 0.3) is 0 Å². The van der Waals surface area contributed by atoms with Crippen molar-refractivity contribution in [2.24, 2.45) is 0 Å². The molecule has 2 fully saturated rings. The second-order valence-corrected chi connectivity index (χ2v) is 10.0. The Hall–Kier alpha value is -2.86. The number of nitrogens with zero attached hydrogens (tertiary/aromatic N) is 2. The molecule has 1 heterocycles. The molecule has 206 valence electrons. The van der Waals surface area contributed by atoms with E-state index in [2.05, 4.69) is 5.32 Å². The van der Waals surface area contributed by atoms with Crippen LogP contribution in [-0.4, -0.2) is 47.3 Å². The second kappa shape index (κ2) is 10.4. The Morgan fingerprint density at radius 3 is 2.03 bits per heavy atom. The number of amides is 3. The number of urea groups is 1. The normalized spacial score (nSPS) is 20.3. The number of hydrogen-bond donors (Lipinski definition) is 2. The van der Waals surface area contributed by atoms with Crippen molar-refractivity contribution < 1.29 is 41.0 Å². The maximum absolute atomic E-state index is 13.4. The maximum atomic E-state index is 13.4. The monoisotopic (exact) mass is 583 g/mol. The zero-order valence-electron chi connectivity index (χ0n) is 19.4. The van der Waals surface area contributed by atoms with E-state index in [1.807, 2.05) is 0 Å². The first-order valence-corrected chi connectivity index (χ1v) is 12.2. The van der Waals surface area contributed by atoms with Gasteiger partial charge in [0.05, 0.1) is 21.2 Å². The summed E-state index contributed by atoms with van der Waals surface area (Å²) < 4.78 is 80.6. The van der Waals surface area contributed by atoms with Gasteiger partial charge in [-0.05, 0) is 55.2 Å². The summed E-state index contributed by atoms with van der Waals surface area (Å²) in [6.45, 7) is 0.0345. The van der Waals surface area contributed by atoms with Gasteiger partial charge in [-0.25, -0.2) is 9.59 Å². The van der Waals surface area contributed by atoms with E-state index in [1.54, 1.807) is 6.07 Å². The van der Waals surface area contributed by atoms with Gasteiger partial charge in [-0.2, -0.15) is 26.3 Å². The van der Waals surface area contributed by atoms with E-state index < -0.39 is 59.3 Å². The Morgan fingerprint density at radius 1 is 0.921 bits per heavy atom. The van der Waals surface area contributed by atoms with E-state index in [1.165, 1.54) is 12.1 Å². The SMILES string of the molecule is O=C(O)N1CC[C@@H](NC(=O)N(c2cc(C(F)(F)F)cc(C(F)(F)F)c2)C2CC2)[C@H](c2ccc(Cl)c(Cl)c2)C1. The van der Waals surface area contributed by atoms with Gasteiger partial charge >= 0.3 is 24.5 Å². The highest BCUT2D eigenvalue weighted by molar-refractivity contribution is 6.42. The van der Waals surface area contributed by atoms with E-state index in [4.69, 9.17) is 23.2 Å². The number of carboxylic acid groups (broad SMARTS) is 1. The number of carbonyl (C=O) groups excluding carboxylic acids is 1. The molecule has 0 spiro atoms. The molecule has 1 saturated heterocycles. The molecule has 1 aliphatic carbocycles. The summed E-state index contributed by atoms with van der Waals surface area (Å²) in [6.07, 6.45) is -10.4. The maximum Gasteiger partial charge on any atom is 0.416 e. The predicted octanol–water partition coefficient (Wildman–Crippen LogP) is 7.25. The van der Waals surface area contributed by atoms with E-state index in [0.29, 0.717) is 30.5 Å². The molecule has 2 N–H and O–H groups in total. The Labute approximate surface area is 223 Å². The van der Waals surface area contributed by atoms with Crippen LogP contribution in [-0.2, 0) is 12.4 Å². The standard InChI is InChI=1S/C24H21Cl2F6N3O3/c25-18-4-1-12(7-19(18)26)17-11-34(22(37)38)6-5-20(17)33-21(36)35(15-2-3-15)16-9-13(23(27,28)29)8-14(10-16)24(30,31)32/h1,4,7-10,15,17,20H,2-3,5-6,11H2,(H,33,36)(H,37,38)/t17-,20+/m0/s1. The van der Waals surface area contributed by atoms with Gasteiger partial charge in [-0.1, -0.05) is 29.3 Å². The van der Waals surface area contributed by atoms with Gasteiger partial charge < -0.3 is 15.3 Å². The number of benzene rings is 2. The van der Waals surface area contributed by atoms with Crippen LogP contribution in [0.15, 0.2) is 36.4 Å². The first-order chi connectivity index (χ1) is 17.6. The zero-order chi connectivity index (χ0) is 28.0. The molecule has 3 amide bonds. The molecule has 38 heavy (non-hydrogen) atoms. The molecular formula is C24H21Cl2F6N3O3. The fraction of sp³-hybridized carbons (Fsp3) is 0.417. The number of hydrogen-bond acceptors (Lipinski definition) is 2. The van der Waals surface area contributed by atoms with Gasteiger partial charge in [0.1, 0.15) is 0 Å². The minimum Gasteiger partial charge on any atom is -0.465 e. The number of likely N-dealkylation sites (tertiary alicyclic amines) is 1. The van der Waals surface area contributed by atoms with E-state index >= 15 is 0 Å². The zero-order valence-corrected chi connectivity index (χ0v) is 20.9. The number of nitrogens with one attached hydrogen (secondary N) is 1. The third kappa shape index (κ3) is 6.23. The van der Waals surface area contributed by atoms with Gasteiger partial charge in [0.2, 0.25) is 0 Å². The minimum absolute atomic E-state index is 0.00835. The molecule has 0 radical (unpaired) electrons. The lowest BCUT2D eigenvalue weighted by atomic mass is 9.86. The van der Waals surface area contributed by atoms with Gasteiger partial charge in [-0.3, -0.25) is 4.90 Å². The van der Waals surface area contributed by atoms with Crippen molar-refractivity contribution in [1.29, 1.82) is 0 Å². The highest BCUT2D eigenvalue weighted by Crippen LogP contribution is 2.41. The molecule has 4 rings (SSSR count). The highest BCUT2D eigenvalue weighted by Gasteiger charge is 2.42. The number of carbonyl (C=O) groups is 2. The van der Waals surface area contributed by atoms with Crippen LogP contribution in [0.4, 0.5) is 41.6 Å². The predicted molar refractivity (Wildman–Crippen MR) is 128 cm³/mol. The molecule has 0 bridgehead atoms. The molecule has 6 nitrogen and oxygen atoms in total. The number of halogens is 8. The van der Waals surface area contributed by atoms with E-state index in [9.17, 15) is 41.0 Å². The van der Waals surface area contributed by atoms with E-state index in [-0.39, 0.29) is 35.6 Å². The lowest BCUT2D eigenvalue weighted by molar-refractivity contribution is -0.143. The summed E-state index contributed by atoms with van der Waals surface area (Å²) in [5, 5.41) is 12.7. The van der Waals surface area contributed by atoms with Crippen LogP contribution in [0, 0.1) is 0 Å². The summed E-state index contributed by atoms with van der Waals surface area (Å²) in [7, 11) is 0. The third-order valence-corrected chi connectivity index (χ3v) is 7.28. The van der Waals surface area contributed by atoms with Crippen molar-refractivity contribution in [3.05, 3.63) is 63.1 Å². The molecule has 2 atom stereocenters. The lowest BCUT2D eigenvalue weighted by Crippen LogP contribution is -2.54. The summed E-state index contributed by atoms with van der Waals surface area (Å²) in [4.78, 5) is 27.1. The molecule has 2 aliphatic rings. The number of rotatable bonds is 4. The Bertz CT molecular complexity index is 1200. The highest BCUT2D eigenvalue weighted by atomic mass is 35.5. The fourth-order valence-electron chi connectivity index (χ4n) is 4.51. The average molecular weight is 584 g/mol. The lowest BCUT2D eigenvalue weighted by Gasteiger charge is -2.39. The number of piperidine rings is 1. The topological polar surface area (TPSA) is 72.9 Å². The van der Waals surface area contributed by atoms with Crippen molar-refractivity contribution >= 4 is 41.0 Å². The quantitative estimate of drug-likeness (QED) is 0.372. The van der Waals surface area contributed by atoms with Crippen LogP contribution in [0.2, 0.25) is 10.0 Å². The Kier molecular flexibility index (Phi) is 7.68. The summed E-state index contributed by atoms with van der Waals surface area (Å²) in [6, 6.07) is 3.56. The minimum atomic E-state index is -5.07. The molecular weight excluding hydrogens is 563 g/mol. The molecule has 0 aromatic heterocycles. The molecule has 14 heteroatoms. The van der Waals surface area contributed by atoms with Crippen LogP contribution in [0.5, 0.6) is 0 Å². The second-order valence-electron chi connectivity index (χ2n) is 9.22. The fourth-order valence-corrected chi connectivity index (χ4v) is 4.82. The van der Waals surface area contributed by atoms with Crippen molar-refractivity contribution in [3.8, 4) is 0 Å². The Morgan fingerprint density at radius 2 is 1.53 bits per heavy atom. The van der Waals surface area contributed by atoms with Crippen LogP contribution in [0.25, 0.3) is 0 Å². The first-order valence-electron chi connectivity index (χ1n) is 11.5. The first kappa shape index (κ1) is 28.2. The summed E-state index contributed by atoms with van der Waals surface area (Å²) in [5.41, 5.74) is -3.01.